The molecule has 0 aromatic heterocycles. The minimum absolute atomic E-state index is 0.0872. The third-order valence-electron chi connectivity index (χ3n) is 6.53. The molecule has 4 saturated carbocycles. The van der Waals surface area contributed by atoms with Crippen LogP contribution in [0.5, 0.6) is 0 Å². The Labute approximate surface area is 120 Å². The van der Waals surface area contributed by atoms with E-state index in [9.17, 15) is 10.1 Å². The summed E-state index contributed by atoms with van der Waals surface area (Å²) in [5.41, 5.74) is 0.493. The van der Waals surface area contributed by atoms with Crippen LogP contribution in [-0.2, 0) is 9.53 Å². The van der Waals surface area contributed by atoms with Crippen molar-refractivity contribution in [1.82, 2.24) is 0 Å². The lowest BCUT2D eigenvalue weighted by Crippen LogP contribution is -2.39. The third kappa shape index (κ3) is 1.48. The molecule has 0 spiro atoms. The van der Waals surface area contributed by atoms with Crippen molar-refractivity contribution in [3.05, 3.63) is 12.2 Å². The van der Waals surface area contributed by atoms with Crippen LogP contribution in [0.25, 0.3) is 0 Å². The average molecular weight is 271 g/mol. The van der Waals surface area contributed by atoms with Crippen LogP contribution in [0.15, 0.2) is 12.2 Å². The molecule has 8 unspecified atom stereocenters. The standard InChI is InChI=1S/C17H21NO2/c1-8(2)17(19)20-14-6-10-5-13(14)16-12-4-9(15(10)16)3-11(12)7-18/h9-16H,1,3-6H2,2H3. The first kappa shape index (κ1) is 12.4. The van der Waals surface area contributed by atoms with Gasteiger partial charge in [-0.05, 0) is 68.1 Å². The second kappa shape index (κ2) is 4.10. The summed E-state index contributed by atoms with van der Waals surface area (Å²) in [4.78, 5) is 11.8. The van der Waals surface area contributed by atoms with Gasteiger partial charge >= 0.3 is 5.97 Å². The highest BCUT2D eigenvalue weighted by atomic mass is 16.5. The molecule has 0 aliphatic heterocycles. The first-order valence-corrected chi connectivity index (χ1v) is 7.86. The van der Waals surface area contributed by atoms with Crippen LogP contribution < -0.4 is 0 Å². The van der Waals surface area contributed by atoms with E-state index in [1.807, 2.05) is 0 Å². The zero-order valence-corrected chi connectivity index (χ0v) is 11.9. The van der Waals surface area contributed by atoms with E-state index < -0.39 is 0 Å². The zero-order valence-electron chi connectivity index (χ0n) is 11.9. The summed E-state index contributed by atoms with van der Waals surface area (Å²) in [6.45, 7) is 5.38. The highest BCUT2D eigenvalue weighted by Crippen LogP contribution is 2.69. The number of rotatable bonds is 2. The Balaban J connectivity index is 1.54. The molecule has 0 heterocycles. The molecule has 8 atom stereocenters. The Morgan fingerprint density at radius 3 is 2.55 bits per heavy atom. The number of carbonyl (C=O) groups is 1. The van der Waals surface area contributed by atoms with Gasteiger partial charge in [-0.2, -0.15) is 5.26 Å². The largest absolute Gasteiger partial charge is 0.459 e. The van der Waals surface area contributed by atoms with Gasteiger partial charge in [0.15, 0.2) is 0 Å². The van der Waals surface area contributed by atoms with Gasteiger partial charge in [0.25, 0.3) is 0 Å². The molecular formula is C17H21NO2. The predicted octanol–water partition coefficient (Wildman–Crippen LogP) is 2.93. The third-order valence-corrected chi connectivity index (χ3v) is 6.53. The lowest BCUT2D eigenvalue weighted by molar-refractivity contribution is -0.149. The summed E-state index contributed by atoms with van der Waals surface area (Å²) in [6.07, 6.45) is 4.73. The molecule has 20 heavy (non-hydrogen) atoms. The monoisotopic (exact) mass is 271 g/mol. The van der Waals surface area contributed by atoms with E-state index in [4.69, 9.17) is 4.74 Å². The molecule has 4 aliphatic rings. The van der Waals surface area contributed by atoms with Crippen molar-refractivity contribution in [3.63, 3.8) is 0 Å². The van der Waals surface area contributed by atoms with Gasteiger partial charge in [-0.1, -0.05) is 6.58 Å². The number of esters is 1. The number of nitriles is 1. The van der Waals surface area contributed by atoms with E-state index in [0.717, 1.165) is 30.6 Å². The smallest absolute Gasteiger partial charge is 0.333 e. The fourth-order valence-electron chi connectivity index (χ4n) is 6.06. The zero-order chi connectivity index (χ0) is 14.0. The topological polar surface area (TPSA) is 50.1 Å². The van der Waals surface area contributed by atoms with E-state index in [1.165, 1.54) is 12.8 Å². The van der Waals surface area contributed by atoms with Crippen molar-refractivity contribution in [1.29, 1.82) is 5.26 Å². The molecule has 0 saturated heterocycles. The normalized spacial score (nSPS) is 50.8. The molecule has 4 bridgehead atoms. The number of carbonyl (C=O) groups excluding carboxylic acids is 1. The van der Waals surface area contributed by atoms with Crippen LogP contribution in [-0.4, -0.2) is 12.1 Å². The summed E-state index contributed by atoms with van der Waals surface area (Å²) >= 11 is 0. The molecule has 0 amide bonds. The van der Waals surface area contributed by atoms with Gasteiger partial charge in [-0.25, -0.2) is 4.79 Å². The Kier molecular flexibility index (Phi) is 2.55. The Morgan fingerprint density at radius 1 is 1.15 bits per heavy atom. The van der Waals surface area contributed by atoms with Crippen LogP contribution >= 0.6 is 0 Å². The molecular weight excluding hydrogens is 250 g/mol. The fourth-order valence-corrected chi connectivity index (χ4v) is 6.06. The maximum absolute atomic E-state index is 11.8. The Morgan fingerprint density at radius 2 is 1.85 bits per heavy atom. The van der Waals surface area contributed by atoms with Crippen LogP contribution in [0.1, 0.15) is 32.6 Å². The molecule has 3 nitrogen and oxygen atoms in total. The van der Waals surface area contributed by atoms with Gasteiger partial charge in [-0.15, -0.1) is 0 Å². The Bertz CT molecular complexity index is 520. The first-order valence-electron chi connectivity index (χ1n) is 7.86. The molecule has 0 radical (unpaired) electrons. The number of hydrogen-bond donors (Lipinski definition) is 0. The van der Waals surface area contributed by atoms with E-state index in [0.29, 0.717) is 23.3 Å². The highest BCUT2D eigenvalue weighted by molar-refractivity contribution is 5.87. The predicted molar refractivity (Wildman–Crippen MR) is 73.2 cm³/mol. The molecule has 4 fully saturated rings. The highest BCUT2D eigenvalue weighted by Gasteiger charge is 2.65. The van der Waals surface area contributed by atoms with Crippen molar-refractivity contribution in [2.45, 2.75) is 38.7 Å². The van der Waals surface area contributed by atoms with E-state index >= 15 is 0 Å². The first-order chi connectivity index (χ1) is 9.60. The number of fused-ring (bicyclic) bond motifs is 9. The number of ether oxygens (including phenoxy) is 1. The van der Waals surface area contributed by atoms with Crippen molar-refractivity contribution in [2.24, 2.45) is 41.4 Å². The molecule has 0 N–H and O–H groups in total. The van der Waals surface area contributed by atoms with Gasteiger partial charge in [0.2, 0.25) is 0 Å². The molecule has 106 valence electrons. The van der Waals surface area contributed by atoms with Gasteiger partial charge in [0.1, 0.15) is 6.10 Å². The van der Waals surface area contributed by atoms with Gasteiger partial charge in [-0.3, -0.25) is 0 Å². The maximum Gasteiger partial charge on any atom is 0.333 e. The van der Waals surface area contributed by atoms with Crippen molar-refractivity contribution in [2.75, 3.05) is 0 Å². The second-order valence-corrected chi connectivity index (χ2v) is 7.41. The quantitative estimate of drug-likeness (QED) is 0.441. The van der Waals surface area contributed by atoms with Gasteiger partial charge in [0, 0.05) is 11.5 Å². The fraction of sp³-hybridized carbons (Fsp3) is 0.765. The number of nitrogens with zero attached hydrogens (tertiary/aromatic N) is 1. The van der Waals surface area contributed by atoms with Crippen LogP contribution in [0.4, 0.5) is 0 Å². The lowest BCUT2D eigenvalue weighted by atomic mass is 9.67. The minimum Gasteiger partial charge on any atom is -0.459 e. The Hall–Kier alpha value is -1.30. The molecule has 3 heteroatoms. The molecule has 0 aromatic carbocycles. The minimum atomic E-state index is -0.237. The summed E-state index contributed by atoms with van der Waals surface area (Å²) in [5, 5.41) is 9.32. The molecule has 0 aromatic rings. The number of hydrogen-bond acceptors (Lipinski definition) is 3. The van der Waals surface area contributed by atoms with Crippen molar-refractivity contribution in [3.8, 4) is 6.07 Å². The van der Waals surface area contributed by atoms with Crippen LogP contribution in [0, 0.1) is 52.8 Å². The summed E-state index contributed by atoms with van der Waals surface area (Å²) < 4.78 is 5.67. The summed E-state index contributed by atoms with van der Waals surface area (Å²) in [6, 6.07) is 2.52. The summed E-state index contributed by atoms with van der Waals surface area (Å²) in [5.74, 6) is 4.12. The van der Waals surface area contributed by atoms with E-state index in [2.05, 4.69) is 12.6 Å². The van der Waals surface area contributed by atoms with Gasteiger partial charge < -0.3 is 4.74 Å². The van der Waals surface area contributed by atoms with Crippen LogP contribution in [0.3, 0.4) is 0 Å². The average Bonchev–Trinajstić information content (AvgIpc) is 3.14. The second-order valence-electron chi connectivity index (χ2n) is 7.41. The van der Waals surface area contributed by atoms with Crippen molar-refractivity contribution < 1.29 is 9.53 Å². The van der Waals surface area contributed by atoms with Crippen molar-refractivity contribution >= 4 is 5.97 Å². The summed E-state index contributed by atoms with van der Waals surface area (Å²) in [7, 11) is 0. The SMILES string of the molecule is C=C(C)C(=O)OC1CC2CC1C1C3CC(CC3C#N)C21. The van der Waals surface area contributed by atoms with Gasteiger partial charge in [0.05, 0.1) is 6.07 Å². The van der Waals surface area contributed by atoms with E-state index in [-0.39, 0.29) is 18.0 Å². The molecule has 4 rings (SSSR count). The molecule has 4 aliphatic carbocycles. The maximum atomic E-state index is 11.8. The lowest BCUT2D eigenvalue weighted by Gasteiger charge is -2.39. The van der Waals surface area contributed by atoms with E-state index in [1.54, 1.807) is 6.92 Å². The van der Waals surface area contributed by atoms with Crippen LogP contribution in [0.2, 0.25) is 0 Å².